The highest BCUT2D eigenvalue weighted by Crippen LogP contribution is 2.08. The van der Waals surface area contributed by atoms with Crippen molar-refractivity contribution in [2.75, 3.05) is 10.7 Å². The fourth-order valence-electron chi connectivity index (χ4n) is 1.30. The Morgan fingerprint density at radius 2 is 1.94 bits per heavy atom. The highest BCUT2D eigenvalue weighted by Gasteiger charge is 1.96. The number of nitrogen functional groups attached to an aromatic ring is 1. The van der Waals surface area contributed by atoms with Crippen LogP contribution in [0.2, 0.25) is 0 Å². The van der Waals surface area contributed by atoms with Crippen molar-refractivity contribution in [1.29, 1.82) is 0 Å². The van der Waals surface area contributed by atoms with Crippen molar-refractivity contribution in [3.8, 4) is 0 Å². The Morgan fingerprint density at radius 1 is 1.06 bits per heavy atom. The first-order valence-corrected chi connectivity index (χ1v) is 4.96. The second-order valence-electron chi connectivity index (χ2n) is 3.23. The van der Waals surface area contributed by atoms with E-state index in [1.165, 1.54) is 0 Å². The van der Waals surface area contributed by atoms with Crippen LogP contribution >= 0.6 is 0 Å². The molecule has 0 amide bonds. The molecule has 82 valence electrons. The maximum atomic E-state index is 5.27. The SMILES string of the molecule is NNc1cccc(NCc2ccccn2)n1. The molecule has 2 rings (SSSR count). The van der Waals surface area contributed by atoms with Crippen molar-refractivity contribution in [2.24, 2.45) is 5.84 Å². The van der Waals surface area contributed by atoms with Crippen LogP contribution in [0.15, 0.2) is 42.6 Å². The van der Waals surface area contributed by atoms with Gasteiger partial charge in [-0.3, -0.25) is 4.98 Å². The molecule has 0 saturated carbocycles. The quantitative estimate of drug-likeness (QED) is 0.530. The van der Waals surface area contributed by atoms with E-state index in [9.17, 15) is 0 Å². The molecule has 5 nitrogen and oxygen atoms in total. The van der Waals surface area contributed by atoms with Gasteiger partial charge in [-0.05, 0) is 24.3 Å². The topological polar surface area (TPSA) is 75.9 Å². The molecule has 0 bridgehead atoms. The molecule has 0 atom stereocenters. The van der Waals surface area contributed by atoms with Crippen molar-refractivity contribution >= 4 is 11.6 Å². The number of aromatic nitrogens is 2. The third-order valence-electron chi connectivity index (χ3n) is 2.07. The van der Waals surface area contributed by atoms with Crippen molar-refractivity contribution in [3.05, 3.63) is 48.3 Å². The molecule has 16 heavy (non-hydrogen) atoms. The van der Waals surface area contributed by atoms with Gasteiger partial charge in [-0.1, -0.05) is 12.1 Å². The Morgan fingerprint density at radius 3 is 2.69 bits per heavy atom. The molecule has 0 saturated heterocycles. The summed E-state index contributed by atoms with van der Waals surface area (Å²) in [4.78, 5) is 8.44. The van der Waals surface area contributed by atoms with Crippen LogP contribution in [-0.2, 0) is 6.54 Å². The van der Waals surface area contributed by atoms with E-state index in [1.807, 2.05) is 30.3 Å². The molecule has 0 aliphatic carbocycles. The minimum absolute atomic E-state index is 0.631. The Balaban J connectivity index is 1.99. The highest BCUT2D eigenvalue weighted by atomic mass is 15.3. The largest absolute Gasteiger partial charge is 0.364 e. The first-order chi connectivity index (χ1) is 7.88. The summed E-state index contributed by atoms with van der Waals surface area (Å²) < 4.78 is 0. The van der Waals surface area contributed by atoms with Crippen LogP contribution in [0, 0.1) is 0 Å². The number of hydrogen-bond donors (Lipinski definition) is 3. The van der Waals surface area contributed by atoms with Gasteiger partial charge in [0.05, 0.1) is 12.2 Å². The van der Waals surface area contributed by atoms with E-state index in [0.717, 1.165) is 11.5 Å². The fourth-order valence-corrected chi connectivity index (χ4v) is 1.30. The highest BCUT2D eigenvalue weighted by molar-refractivity contribution is 5.44. The molecule has 2 aromatic rings. The maximum absolute atomic E-state index is 5.27. The predicted molar refractivity (Wildman–Crippen MR) is 63.6 cm³/mol. The van der Waals surface area contributed by atoms with Gasteiger partial charge in [0.1, 0.15) is 11.6 Å². The maximum Gasteiger partial charge on any atom is 0.142 e. The van der Waals surface area contributed by atoms with E-state index in [-0.39, 0.29) is 0 Å². The van der Waals surface area contributed by atoms with Gasteiger partial charge in [-0.15, -0.1) is 0 Å². The number of nitrogens with two attached hydrogens (primary N) is 1. The van der Waals surface area contributed by atoms with Gasteiger partial charge in [0.15, 0.2) is 0 Å². The van der Waals surface area contributed by atoms with Crippen LogP contribution in [0.3, 0.4) is 0 Å². The minimum Gasteiger partial charge on any atom is -0.364 e. The van der Waals surface area contributed by atoms with Crippen LogP contribution in [0.4, 0.5) is 11.6 Å². The van der Waals surface area contributed by atoms with Crippen LogP contribution in [-0.4, -0.2) is 9.97 Å². The summed E-state index contributed by atoms with van der Waals surface area (Å²) >= 11 is 0. The summed E-state index contributed by atoms with van der Waals surface area (Å²) in [6.45, 7) is 0.641. The predicted octanol–water partition coefficient (Wildman–Crippen LogP) is 1.37. The van der Waals surface area contributed by atoms with Crippen LogP contribution < -0.4 is 16.6 Å². The van der Waals surface area contributed by atoms with Gasteiger partial charge in [0.25, 0.3) is 0 Å². The molecule has 0 aliphatic heterocycles. The number of pyridine rings is 2. The molecule has 0 aliphatic rings. The molecule has 0 aromatic carbocycles. The van der Waals surface area contributed by atoms with Gasteiger partial charge in [-0.2, -0.15) is 0 Å². The van der Waals surface area contributed by atoms with Crippen LogP contribution in [0.1, 0.15) is 5.69 Å². The average molecular weight is 215 g/mol. The third kappa shape index (κ3) is 2.68. The number of rotatable bonds is 4. The summed E-state index contributed by atoms with van der Waals surface area (Å²) in [5.74, 6) is 6.67. The Kier molecular flexibility index (Phi) is 3.30. The van der Waals surface area contributed by atoms with E-state index >= 15 is 0 Å². The Hall–Kier alpha value is -2.14. The summed E-state index contributed by atoms with van der Waals surface area (Å²) in [6.07, 6.45) is 1.77. The summed E-state index contributed by atoms with van der Waals surface area (Å²) in [6, 6.07) is 11.4. The van der Waals surface area contributed by atoms with Crippen molar-refractivity contribution in [2.45, 2.75) is 6.54 Å². The summed E-state index contributed by atoms with van der Waals surface area (Å²) in [7, 11) is 0. The van der Waals surface area contributed by atoms with E-state index in [0.29, 0.717) is 12.4 Å². The van der Waals surface area contributed by atoms with Crippen LogP contribution in [0.5, 0.6) is 0 Å². The first-order valence-electron chi connectivity index (χ1n) is 4.96. The van der Waals surface area contributed by atoms with Crippen molar-refractivity contribution in [3.63, 3.8) is 0 Å². The smallest absolute Gasteiger partial charge is 0.142 e. The number of hydrogen-bond acceptors (Lipinski definition) is 5. The van der Waals surface area contributed by atoms with E-state index in [1.54, 1.807) is 12.3 Å². The fraction of sp³-hybridized carbons (Fsp3) is 0.0909. The average Bonchev–Trinajstić information content (AvgIpc) is 2.38. The zero-order chi connectivity index (χ0) is 11.2. The van der Waals surface area contributed by atoms with Gasteiger partial charge in [0.2, 0.25) is 0 Å². The first kappa shape index (κ1) is 10.4. The molecule has 5 heteroatoms. The summed E-state index contributed by atoms with van der Waals surface area (Å²) in [5, 5.41) is 3.17. The second kappa shape index (κ2) is 5.09. The minimum atomic E-state index is 0.631. The number of hydrazine groups is 1. The monoisotopic (exact) mass is 215 g/mol. The van der Waals surface area contributed by atoms with Crippen molar-refractivity contribution in [1.82, 2.24) is 9.97 Å². The molecule has 0 spiro atoms. The molecular weight excluding hydrogens is 202 g/mol. The third-order valence-corrected chi connectivity index (χ3v) is 2.07. The lowest BCUT2D eigenvalue weighted by molar-refractivity contribution is 1.03. The standard InChI is InChI=1S/C11H13N5/c12-16-11-6-3-5-10(15-11)14-8-9-4-1-2-7-13-9/h1-7H,8,12H2,(H2,14,15,16). The second-order valence-corrected chi connectivity index (χ2v) is 3.23. The lowest BCUT2D eigenvalue weighted by Crippen LogP contribution is -2.10. The molecule has 4 N–H and O–H groups in total. The van der Waals surface area contributed by atoms with Gasteiger partial charge >= 0.3 is 0 Å². The number of anilines is 2. The Labute approximate surface area is 93.7 Å². The molecule has 0 radical (unpaired) electrons. The van der Waals surface area contributed by atoms with Gasteiger partial charge in [0, 0.05) is 6.20 Å². The zero-order valence-corrected chi connectivity index (χ0v) is 8.72. The Bertz CT molecular complexity index is 443. The van der Waals surface area contributed by atoms with E-state index in [2.05, 4.69) is 20.7 Å². The molecular formula is C11H13N5. The van der Waals surface area contributed by atoms with Crippen LogP contribution in [0.25, 0.3) is 0 Å². The van der Waals surface area contributed by atoms with Gasteiger partial charge in [-0.25, -0.2) is 10.8 Å². The molecule has 0 fully saturated rings. The van der Waals surface area contributed by atoms with E-state index in [4.69, 9.17) is 5.84 Å². The van der Waals surface area contributed by atoms with Gasteiger partial charge < -0.3 is 10.7 Å². The normalized spacial score (nSPS) is 9.81. The lowest BCUT2D eigenvalue weighted by Gasteiger charge is -2.06. The number of nitrogens with zero attached hydrogens (tertiary/aromatic N) is 2. The summed E-state index contributed by atoms with van der Waals surface area (Å²) in [5.41, 5.74) is 3.47. The lowest BCUT2D eigenvalue weighted by atomic mass is 10.3. The molecule has 2 heterocycles. The van der Waals surface area contributed by atoms with Crippen molar-refractivity contribution < 1.29 is 0 Å². The zero-order valence-electron chi connectivity index (χ0n) is 8.72. The number of nitrogens with one attached hydrogen (secondary N) is 2. The molecule has 2 aromatic heterocycles. The molecule has 0 unspecified atom stereocenters. The van der Waals surface area contributed by atoms with E-state index < -0.39 is 0 Å².